The van der Waals surface area contributed by atoms with Crippen LogP contribution in [0.25, 0.3) is 0 Å². The maximum Gasteiger partial charge on any atom is 0.224 e. The first kappa shape index (κ1) is 16.0. The van der Waals surface area contributed by atoms with Crippen LogP contribution >= 0.6 is 11.6 Å². The van der Waals surface area contributed by atoms with Gasteiger partial charge in [0.15, 0.2) is 5.82 Å². The molecule has 1 rings (SSSR count). The third kappa shape index (κ3) is 6.10. The molecule has 0 amide bonds. The number of nitrogens with zero attached hydrogens (tertiary/aromatic N) is 2. The normalized spacial score (nSPS) is 12.2. The number of aromatic nitrogens is 2. The molecule has 1 heterocycles. The molecule has 1 atom stereocenters. The summed E-state index contributed by atoms with van der Waals surface area (Å²) in [5.74, 6) is 1.36. The van der Waals surface area contributed by atoms with Crippen molar-refractivity contribution in [2.45, 2.75) is 58.9 Å². The van der Waals surface area contributed by atoms with Crippen molar-refractivity contribution in [3.63, 3.8) is 0 Å². The van der Waals surface area contributed by atoms with E-state index in [1.54, 1.807) is 6.20 Å². The molecule has 1 aromatic heterocycles. The molecule has 0 bridgehead atoms. The highest BCUT2D eigenvalue weighted by Crippen LogP contribution is 2.21. The zero-order chi connectivity index (χ0) is 14.1. The summed E-state index contributed by atoms with van der Waals surface area (Å²) in [7, 11) is 0. The van der Waals surface area contributed by atoms with Crippen LogP contribution in [-0.4, -0.2) is 22.6 Å². The largest absolute Gasteiger partial charge is 0.366 e. The summed E-state index contributed by atoms with van der Waals surface area (Å²) in [6.07, 6.45) is 7.56. The lowest BCUT2D eigenvalue weighted by atomic mass is 10.1. The molecule has 0 aliphatic heterocycles. The fraction of sp³-hybridized carbons (Fsp3) is 0.714. The number of nitrogens with one attached hydrogen (secondary N) is 2. The van der Waals surface area contributed by atoms with Crippen LogP contribution in [0.2, 0.25) is 5.02 Å². The van der Waals surface area contributed by atoms with Crippen molar-refractivity contribution in [2.24, 2.45) is 0 Å². The van der Waals surface area contributed by atoms with Gasteiger partial charge in [-0.25, -0.2) is 4.98 Å². The van der Waals surface area contributed by atoms with Gasteiger partial charge in [0.25, 0.3) is 0 Å². The van der Waals surface area contributed by atoms with Crippen LogP contribution in [0.1, 0.15) is 52.9 Å². The molecule has 1 aromatic rings. The zero-order valence-corrected chi connectivity index (χ0v) is 12.9. The van der Waals surface area contributed by atoms with E-state index < -0.39 is 0 Å². The van der Waals surface area contributed by atoms with Crippen LogP contribution in [-0.2, 0) is 0 Å². The van der Waals surface area contributed by atoms with E-state index in [0.29, 0.717) is 17.0 Å². The molecule has 2 N–H and O–H groups in total. The molecule has 108 valence electrons. The van der Waals surface area contributed by atoms with Gasteiger partial charge in [-0.2, -0.15) is 4.98 Å². The maximum absolute atomic E-state index is 6.12. The molecule has 0 saturated heterocycles. The number of unbranched alkanes of at least 4 members (excludes halogenated alkanes) is 2. The van der Waals surface area contributed by atoms with Crippen molar-refractivity contribution in [2.75, 3.05) is 17.2 Å². The smallest absolute Gasteiger partial charge is 0.224 e. The van der Waals surface area contributed by atoms with Gasteiger partial charge < -0.3 is 10.6 Å². The quantitative estimate of drug-likeness (QED) is 0.663. The first-order valence-corrected chi connectivity index (χ1v) is 7.58. The molecule has 0 fully saturated rings. The monoisotopic (exact) mass is 284 g/mol. The first-order chi connectivity index (χ1) is 9.17. The fourth-order valence-electron chi connectivity index (χ4n) is 1.80. The average molecular weight is 285 g/mol. The zero-order valence-electron chi connectivity index (χ0n) is 12.2. The maximum atomic E-state index is 6.12. The summed E-state index contributed by atoms with van der Waals surface area (Å²) in [6.45, 7) is 7.35. The van der Waals surface area contributed by atoms with Crippen molar-refractivity contribution in [1.82, 2.24) is 9.97 Å². The Morgan fingerprint density at radius 2 is 2.05 bits per heavy atom. The topological polar surface area (TPSA) is 49.8 Å². The third-order valence-electron chi connectivity index (χ3n) is 2.90. The van der Waals surface area contributed by atoms with E-state index in [9.17, 15) is 0 Å². The van der Waals surface area contributed by atoms with E-state index in [1.807, 2.05) is 0 Å². The summed E-state index contributed by atoms with van der Waals surface area (Å²) in [4.78, 5) is 8.58. The van der Waals surface area contributed by atoms with Crippen molar-refractivity contribution >= 4 is 23.4 Å². The third-order valence-corrected chi connectivity index (χ3v) is 3.18. The van der Waals surface area contributed by atoms with E-state index in [4.69, 9.17) is 11.6 Å². The Labute approximate surface area is 121 Å². The standard InChI is InChI=1S/C14H25ClN4/c1-4-6-7-8-11(3)18-13-12(15)10-17-14(19-13)16-9-5-2/h10-11H,4-9H2,1-3H3,(H2,16,17,18,19). The molecule has 0 radical (unpaired) electrons. The van der Waals surface area contributed by atoms with Gasteiger partial charge in [-0.05, 0) is 19.8 Å². The lowest BCUT2D eigenvalue weighted by molar-refractivity contribution is 0.613. The molecule has 5 heteroatoms. The predicted octanol–water partition coefficient (Wildman–Crippen LogP) is 4.33. The number of hydrogen-bond donors (Lipinski definition) is 2. The fourth-order valence-corrected chi connectivity index (χ4v) is 1.94. The van der Waals surface area contributed by atoms with E-state index in [0.717, 1.165) is 25.2 Å². The van der Waals surface area contributed by atoms with Crippen LogP contribution in [0, 0.1) is 0 Å². The van der Waals surface area contributed by atoms with E-state index in [-0.39, 0.29) is 0 Å². The lowest BCUT2D eigenvalue weighted by Gasteiger charge is -2.16. The van der Waals surface area contributed by atoms with Gasteiger partial charge in [0, 0.05) is 12.6 Å². The second kappa shape index (κ2) is 8.97. The van der Waals surface area contributed by atoms with Crippen LogP contribution < -0.4 is 10.6 Å². The number of rotatable bonds is 9. The first-order valence-electron chi connectivity index (χ1n) is 7.20. The van der Waals surface area contributed by atoms with Gasteiger partial charge in [0.2, 0.25) is 5.95 Å². The number of halogens is 1. The average Bonchev–Trinajstić information content (AvgIpc) is 2.40. The Balaban J connectivity index is 2.55. The Morgan fingerprint density at radius 3 is 2.74 bits per heavy atom. The van der Waals surface area contributed by atoms with Gasteiger partial charge in [0.1, 0.15) is 5.02 Å². The Bertz CT molecular complexity index is 370. The molecule has 4 nitrogen and oxygen atoms in total. The minimum absolute atomic E-state index is 0.373. The van der Waals surface area contributed by atoms with Gasteiger partial charge in [-0.15, -0.1) is 0 Å². The summed E-state index contributed by atoms with van der Waals surface area (Å²) < 4.78 is 0. The molecule has 0 spiro atoms. The highest BCUT2D eigenvalue weighted by molar-refractivity contribution is 6.32. The minimum Gasteiger partial charge on any atom is -0.366 e. The number of anilines is 2. The summed E-state index contributed by atoms with van der Waals surface area (Å²) in [6, 6.07) is 0.373. The summed E-state index contributed by atoms with van der Waals surface area (Å²) in [5, 5.41) is 7.10. The predicted molar refractivity (Wildman–Crippen MR) is 83.0 cm³/mol. The summed E-state index contributed by atoms with van der Waals surface area (Å²) in [5.41, 5.74) is 0. The van der Waals surface area contributed by atoms with E-state index in [2.05, 4.69) is 41.4 Å². The van der Waals surface area contributed by atoms with Gasteiger partial charge in [-0.3, -0.25) is 0 Å². The molecule has 0 aliphatic carbocycles. The molecular formula is C14H25ClN4. The summed E-state index contributed by atoms with van der Waals surface area (Å²) >= 11 is 6.12. The van der Waals surface area contributed by atoms with Crippen LogP contribution in [0.5, 0.6) is 0 Å². The van der Waals surface area contributed by atoms with E-state index >= 15 is 0 Å². The molecule has 19 heavy (non-hydrogen) atoms. The Hall–Kier alpha value is -1.03. The van der Waals surface area contributed by atoms with Crippen molar-refractivity contribution in [3.8, 4) is 0 Å². The second-order valence-electron chi connectivity index (χ2n) is 4.86. The second-order valence-corrected chi connectivity index (χ2v) is 5.27. The molecular weight excluding hydrogens is 260 g/mol. The molecule has 0 saturated carbocycles. The van der Waals surface area contributed by atoms with Crippen LogP contribution in [0.3, 0.4) is 0 Å². The lowest BCUT2D eigenvalue weighted by Crippen LogP contribution is -2.17. The molecule has 0 aromatic carbocycles. The highest BCUT2D eigenvalue weighted by atomic mass is 35.5. The van der Waals surface area contributed by atoms with Gasteiger partial charge in [0.05, 0.1) is 6.20 Å². The van der Waals surface area contributed by atoms with Crippen LogP contribution in [0.15, 0.2) is 6.20 Å². The Kier molecular flexibility index (Phi) is 7.56. The van der Waals surface area contributed by atoms with Crippen molar-refractivity contribution in [1.29, 1.82) is 0 Å². The Morgan fingerprint density at radius 1 is 1.26 bits per heavy atom. The van der Waals surface area contributed by atoms with Crippen LogP contribution in [0.4, 0.5) is 11.8 Å². The highest BCUT2D eigenvalue weighted by Gasteiger charge is 2.08. The SMILES string of the molecule is CCCCCC(C)Nc1nc(NCCC)ncc1Cl. The molecule has 1 unspecified atom stereocenters. The van der Waals surface area contributed by atoms with Crippen molar-refractivity contribution < 1.29 is 0 Å². The number of hydrogen-bond acceptors (Lipinski definition) is 4. The van der Waals surface area contributed by atoms with Gasteiger partial charge >= 0.3 is 0 Å². The van der Waals surface area contributed by atoms with E-state index in [1.165, 1.54) is 19.3 Å². The van der Waals surface area contributed by atoms with Crippen molar-refractivity contribution in [3.05, 3.63) is 11.2 Å². The van der Waals surface area contributed by atoms with Gasteiger partial charge in [-0.1, -0.05) is 44.7 Å². The minimum atomic E-state index is 0.373. The molecule has 0 aliphatic rings.